The monoisotopic (exact) mass is 263 g/mol. The number of halogens is 1. The average Bonchev–Trinajstić information content (AvgIpc) is 2.71. The summed E-state index contributed by atoms with van der Waals surface area (Å²) in [5, 5.41) is 9.87. The van der Waals surface area contributed by atoms with E-state index in [-0.39, 0.29) is 0 Å². The van der Waals surface area contributed by atoms with Crippen LogP contribution in [-0.4, -0.2) is 38.1 Å². The molecule has 1 aromatic rings. The van der Waals surface area contributed by atoms with E-state index in [0.29, 0.717) is 22.5 Å². The Morgan fingerprint density at radius 1 is 1.39 bits per heavy atom. The summed E-state index contributed by atoms with van der Waals surface area (Å²) in [4.78, 5) is 4.51. The van der Waals surface area contributed by atoms with Gasteiger partial charge < -0.3 is 9.80 Å². The third-order valence-corrected chi connectivity index (χ3v) is 3.89. The maximum absolute atomic E-state index is 9.18. The van der Waals surface area contributed by atoms with Crippen molar-refractivity contribution in [3.63, 3.8) is 0 Å². The number of likely N-dealkylation sites (N-methyl/N-ethyl adjacent to an activating group) is 1. The highest BCUT2D eigenvalue weighted by atomic mass is 35.5. The van der Waals surface area contributed by atoms with Gasteiger partial charge in [-0.3, -0.25) is 0 Å². The molecule has 0 N–H and O–H groups in total. The fourth-order valence-corrected chi connectivity index (χ4v) is 2.85. The van der Waals surface area contributed by atoms with Gasteiger partial charge in [-0.15, -0.1) is 0 Å². The zero-order valence-electron chi connectivity index (χ0n) is 11.0. The molecular formula is C14H18ClN3. The smallest absolute Gasteiger partial charge is 0.101 e. The molecule has 3 nitrogen and oxygen atoms in total. The quantitative estimate of drug-likeness (QED) is 0.822. The van der Waals surface area contributed by atoms with Crippen molar-refractivity contribution in [3.05, 3.63) is 28.8 Å². The third-order valence-electron chi connectivity index (χ3n) is 3.66. The lowest BCUT2D eigenvalue weighted by Gasteiger charge is -2.23. The van der Waals surface area contributed by atoms with Crippen LogP contribution in [0.25, 0.3) is 0 Å². The molecule has 1 aliphatic heterocycles. The van der Waals surface area contributed by atoms with E-state index < -0.39 is 0 Å². The van der Waals surface area contributed by atoms with Crippen LogP contribution < -0.4 is 4.90 Å². The lowest BCUT2D eigenvalue weighted by Crippen LogP contribution is -2.34. The van der Waals surface area contributed by atoms with E-state index in [2.05, 4.69) is 36.9 Å². The van der Waals surface area contributed by atoms with Crippen LogP contribution in [0.3, 0.4) is 0 Å². The Morgan fingerprint density at radius 3 is 2.67 bits per heavy atom. The Hall–Kier alpha value is -1.24. The third kappa shape index (κ3) is 2.45. The number of hydrogen-bond acceptors (Lipinski definition) is 3. The van der Waals surface area contributed by atoms with E-state index in [1.165, 1.54) is 0 Å². The summed E-state index contributed by atoms with van der Waals surface area (Å²) in [6.45, 7) is 4.17. The molecule has 0 spiro atoms. The van der Waals surface area contributed by atoms with Crippen LogP contribution >= 0.6 is 11.6 Å². The molecule has 18 heavy (non-hydrogen) atoms. The topological polar surface area (TPSA) is 30.3 Å². The molecule has 2 rings (SSSR count). The Bertz CT molecular complexity index is 478. The number of anilines is 1. The Labute approximate surface area is 114 Å². The van der Waals surface area contributed by atoms with Gasteiger partial charge in [0.2, 0.25) is 0 Å². The molecule has 2 unspecified atom stereocenters. The van der Waals surface area contributed by atoms with Crippen LogP contribution in [0, 0.1) is 17.2 Å². The van der Waals surface area contributed by atoms with Gasteiger partial charge in [0.1, 0.15) is 6.07 Å². The predicted octanol–water partition coefficient (Wildman–Crippen LogP) is 2.60. The number of hydrogen-bond donors (Lipinski definition) is 0. The van der Waals surface area contributed by atoms with Crippen LogP contribution in [0.5, 0.6) is 0 Å². The summed E-state index contributed by atoms with van der Waals surface area (Å²) in [6, 6.07) is 8.23. The summed E-state index contributed by atoms with van der Waals surface area (Å²) in [5.41, 5.74) is 1.66. The molecule has 1 aliphatic rings. The van der Waals surface area contributed by atoms with E-state index in [4.69, 9.17) is 11.6 Å². The van der Waals surface area contributed by atoms with Crippen molar-refractivity contribution in [2.24, 2.45) is 5.92 Å². The highest BCUT2D eigenvalue weighted by molar-refractivity contribution is 6.30. The molecule has 1 saturated heterocycles. The molecule has 0 bridgehead atoms. The van der Waals surface area contributed by atoms with Crippen molar-refractivity contribution in [3.8, 4) is 6.07 Å². The first kappa shape index (κ1) is 13.2. The predicted molar refractivity (Wildman–Crippen MR) is 75.0 cm³/mol. The zero-order valence-corrected chi connectivity index (χ0v) is 11.8. The highest BCUT2D eigenvalue weighted by Gasteiger charge is 2.32. The number of benzene rings is 1. The molecule has 1 fully saturated rings. The van der Waals surface area contributed by atoms with Crippen LogP contribution in [0.2, 0.25) is 5.02 Å². The second-order valence-corrected chi connectivity index (χ2v) is 5.62. The van der Waals surface area contributed by atoms with Gasteiger partial charge in [0.05, 0.1) is 11.3 Å². The van der Waals surface area contributed by atoms with Crippen LogP contribution in [0.15, 0.2) is 18.2 Å². The normalized spacial score (nSPS) is 23.4. The van der Waals surface area contributed by atoms with Crippen LogP contribution in [0.1, 0.15) is 12.5 Å². The largest absolute Gasteiger partial charge is 0.369 e. The van der Waals surface area contributed by atoms with E-state index in [1.807, 2.05) is 6.07 Å². The first-order valence-corrected chi connectivity index (χ1v) is 6.51. The van der Waals surface area contributed by atoms with Crippen LogP contribution in [-0.2, 0) is 0 Å². The minimum atomic E-state index is 0.524. The van der Waals surface area contributed by atoms with Crippen LogP contribution in [0.4, 0.5) is 5.69 Å². The van der Waals surface area contributed by atoms with Gasteiger partial charge in [0.15, 0.2) is 0 Å². The minimum Gasteiger partial charge on any atom is -0.369 e. The molecule has 96 valence electrons. The number of rotatable bonds is 2. The SMILES string of the molecule is CC1CN(c2cc(Cl)ccc2C#N)CC1N(C)C. The van der Waals surface area contributed by atoms with E-state index in [9.17, 15) is 5.26 Å². The first-order chi connectivity index (χ1) is 8.52. The standard InChI is InChI=1S/C14H18ClN3/c1-10-8-18(9-14(10)17(2)3)13-6-12(15)5-4-11(13)7-16/h4-6,10,14H,8-9H2,1-3H3. The fourth-order valence-electron chi connectivity index (χ4n) is 2.68. The molecule has 0 saturated carbocycles. The van der Waals surface area contributed by atoms with Gasteiger partial charge >= 0.3 is 0 Å². The van der Waals surface area contributed by atoms with Crippen molar-refractivity contribution in [1.82, 2.24) is 4.90 Å². The van der Waals surface area contributed by atoms with E-state index >= 15 is 0 Å². The summed E-state index contributed by atoms with van der Waals surface area (Å²) < 4.78 is 0. The zero-order chi connectivity index (χ0) is 13.3. The Morgan fingerprint density at radius 2 is 2.11 bits per heavy atom. The molecule has 1 heterocycles. The van der Waals surface area contributed by atoms with Crippen molar-refractivity contribution < 1.29 is 0 Å². The Kier molecular flexibility index (Phi) is 3.79. The summed E-state index contributed by atoms with van der Waals surface area (Å²) >= 11 is 6.04. The maximum atomic E-state index is 9.18. The minimum absolute atomic E-state index is 0.524. The summed E-state index contributed by atoms with van der Waals surface area (Å²) in [7, 11) is 4.21. The van der Waals surface area contributed by atoms with E-state index in [0.717, 1.165) is 18.8 Å². The van der Waals surface area contributed by atoms with Gasteiger partial charge in [0, 0.05) is 24.2 Å². The molecular weight excluding hydrogens is 246 g/mol. The van der Waals surface area contributed by atoms with Gasteiger partial charge in [-0.1, -0.05) is 18.5 Å². The summed E-state index contributed by atoms with van der Waals surface area (Å²) in [6.07, 6.45) is 0. The molecule has 0 amide bonds. The Balaban J connectivity index is 2.29. The molecule has 0 radical (unpaired) electrons. The maximum Gasteiger partial charge on any atom is 0.101 e. The lowest BCUT2D eigenvalue weighted by atomic mass is 10.1. The van der Waals surface area contributed by atoms with Crippen molar-refractivity contribution >= 4 is 17.3 Å². The second-order valence-electron chi connectivity index (χ2n) is 5.19. The molecule has 4 heteroatoms. The summed E-state index contributed by atoms with van der Waals surface area (Å²) in [5.74, 6) is 0.588. The van der Waals surface area contributed by atoms with Gasteiger partial charge in [-0.25, -0.2) is 0 Å². The highest BCUT2D eigenvalue weighted by Crippen LogP contribution is 2.30. The van der Waals surface area contributed by atoms with E-state index in [1.54, 1.807) is 12.1 Å². The second kappa shape index (κ2) is 5.17. The number of nitrogens with zero attached hydrogens (tertiary/aromatic N) is 3. The van der Waals surface area contributed by atoms with Gasteiger partial charge in [0.25, 0.3) is 0 Å². The molecule has 0 aliphatic carbocycles. The lowest BCUT2D eigenvalue weighted by molar-refractivity contribution is 0.266. The van der Waals surface area contributed by atoms with Gasteiger partial charge in [-0.05, 0) is 38.2 Å². The first-order valence-electron chi connectivity index (χ1n) is 6.14. The van der Waals surface area contributed by atoms with Crippen molar-refractivity contribution in [2.45, 2.75) is 13.0 Å². The molecule has 2 atom stereocenters. The van der Waals surface area contributed by atoms with Crippen molar-refractivity contribution in [2.75, 3.05) is 32.1 Å². The molecule has 1 aromatic carbocycles. The molecule has 0 aromatic heterocycles. The van der Waals surface area contributed by atoms with Crippen molar-refractivity contribution in [1.29, 1.82) is 5.26 Å². The fraction of sp³-hybridized carbons (Fsp3) is 0.500. The van der Waals surface area contributed by atoms with Gasteiger partial charge in [-0.2, -0.15) is 5.26 Å². The number of nitriles is 1. The average molecular weight is 264 g/mol.